The minimum Gasteiger partial charge on any atom is -0.481 e. The topological polar surface area (TPSA) is 142 Å². The number of piperidine rings is 1. The second kappa shape index (κ2) is 15.9. The fourth-order valence-electron chi connectivity index (χ4n) is 4.60. The Morgan fingerprint density at radius 1 is 0.907 bits per heavy atom. The minimum absolute atomic E-state index is 0.0126. The van der Waals surface area contributed by atoms with Crippen molar-refractivity contribution in [3.05, 3.63) is 83.6 Å². The molecule has 1 unspecified atom stereocenters. The molecule has 12 heteroatoms. The summed E-state index contributed by atoms with van der Waals surface area (Å²) in [4.78, 5) is 52.8. The number of carbonyl (C=O) groups excluding carboxylic acids is 3. The van der Waals surface area contributed by atoms with E-state index in [0.29, 0.717) is 13.0 Å². The first kappa shape index (κ1) is 30.9. The van der Waals surface area contributed by atoms with Crippen LogP contribution in [-0.2, 0) is 22.7 Å². The highest BCUT2D eigenvalue weighted by molar-refractivity contribution is 5.99. The first-order chi connectivity index (χ1) is 20.9. The van der Waals surface area contributed by atoms with Crippen LogP contribution in [0, 0.1) is 0 Å². The lowest BCUT2D eigenvalue weighted by atomic mass is 9.96. The summed E-state index contributed by atoms with van der Waals surface area (Å²) in [5.74, 6) is 0.00954. The van der Waals surface area contributed by atoms with E-state index in [2.05, 4.69) is 20.3 Å². The highest BCUT2D eigenvalue weighted by Gasteiger charge is 2.29. The number of carbonyl (C=O) groups is 3. The van der Waals surface area contributed by atoms with Crippen LogP contribution in [0.5, 0.6) is 11.9 Å². The molecule has 1 fully saturated rings. The van der Waals surface area contributed by atoms with E-state index in [0.717, 1.165) is 30.4 Å². The van der Waals surface area contributed by atoms with Gasteiger partial charge in [0, 0.05) is 25.1 Å². The molecule has 1 atom stereocenters. The van der Waals surface area contributed by atoms with Crippen LogP contribution in [0.3, 0.4) is 0 Å². The van der Waals surface area contributed by atoms with Crippen molar-refractivity contribution in [3.63, 3.8) is 0 Å². The Bertz CT molecular complexity index is 1380. The van der Waals surface area contributed by atoms with E-state index in [4.69, 9.17) is 18.9 Å². The molecule has 0 saturated carbocycles. The van der Waals surface area contributed by atoms with Crippen molar-refractivity contribution in [2.75, 3.05) is 20.8 Å². The Morgan fingerprint density at radius 3 is 2.23 bits per heavy atom. The molecule has 1 aromatic heterocycles. The van der Waals surface area contributed by atoms with E-state index in [1.807, 2.05) is 65.6 Å². The summed E-state index contributed by atoms with van der Waals surface area (Å²) in [5.41, 5.74) is 1.79. The van der Waals surface area contributed by atoms with Crippen LogP contribution in [0.25, 0.3) is 0 Å². The average Bonchev–Trinajstić information content (AvgIpc) is 3.05. The molecule has 2 aromatic carbocycles. The van der Waals surface area contributed by atoms with Crippen LogP contribution in [-0.4, -0.2) is 65.6 Å². The van der Waals surface area contributed by atoms with Crippen molar-refractivity contribution in [1.82, 2.24) is 20.2 Å². The van der Waals surface area contributed by atoms with Crippen molar-refractivity contribution in [1.29, 1.82) is 0 Å². The molecule has 1 aliphatic heterocycles. The molecule has 3 aromatic rings. The molecule has 0 aliphatic carbocycles. The number of hydrogen-bond donors (Lipinski definition) is 1. The number of methoxy groups -OCH3 is 2. The highest BCUT2D eigenvalue weighted by atomic mass is 16.6. The van der Waals surface area contributed by atoms with Gasteiger partial charge in [-0.15, -0.1) is 4.99 Å². The summed E-state index contributed by atoms with van der Waals surface area (Å²) < 4.78 is 21.0. The lowest BCUT2D eigenvalue weighted by molar-refractivity contribution is 0.0955. The van der Waals surface area contributed by atoms with Crippen molar-refractivity contribution >= 4 is 23.9 Å². The smallest absolute Gasteiger partial charge is 0.437 e. The number of rotatable bonds is 10. The zero-order valence-corrected chi connectivity index (χ0v) is 24.2. The molecular formula is C31H35N5O7. The Labute approximate surface area is 250 Å². The third kappa shape index (κ3) is 9.52. The third-order valence-corrected chi connectivity index (χ3v) is 6.79. The maximum absolute atomic E-state index is 13.1. The molecule has 2 amide bonds. The third-order valence-electron chi connectivity index (χ3n) is 6.79. The van der Waals surface area contributed by atoms with E-state index >= 15 is 0 Å². The van der Waals surface area contributed by atoms with Crippen molar-refractivity contribution < 1.29 is 33.3 Å². The highest BCUT2D eigenvalue weighted by Crippen LogP contribution is 2.23. The van der Waals surface area contributed by atoms with Gasteiger partial charge in [0.15, 0.2) is 5.78 Å². The number of benzene rings is 2. The minimum atomic E-state index is -0.859. The number of aliphatic imine (C=N–C) groups is 1. The van der Waals surface area contributed by atoms with Crippen LogP contribution < -0.4 is 14.8 Å². The summed E-state index contributed by atoms with van der Waals surface area (Å²) in [6, 6.07) is 19.7. The molecule has 4 rings (SSSR count). The second-order valence-electron chi connectivity index (χ2n) is 9.75. The normalized spacial score (nSPS) is 14.9. The summed E-state index contributed by atoms with van der Waals surface area (Å²) in [6.45, 7) is 0.582. The number of Topliss-reactive ketones (excluding diaryl/α,β-unsaturated/α-hetero) is 1. The van der Waals surface area contributed by atoms with Gasteiger partial charge in [-0.2, -0.15) is 9.97 Å². The fraction of sp³-hybridized carbons (Fsp3) is 0.355. The monoisotopic (exact) mass is 589 g/mol. The number of likely N-dealkylation sites (tertiary alicyclic amines) is 1. The number of nitrogens with one attached hydrogen (secondary N) is 1. The molecule has 43 heavy (non-hydrogen) atoms. The number of nitrogens with zero attached hydrogens (tertiary/aromatic N) is 4. The predicted octanol–water partition coefficient (Wildman–Crippen LogP) is 4.93. The summed E-state index contributed by atoms with van der Waals surface area (Å²) >= 11 is 0. The van der Waals surface area contributed by atoms with E-state index in [1.54, 1.807) is 0 Å². The van der Waals surface area contributed by atoms with Crippen LogP contribution >= 0.6 is 0 Å². The van der Waals surface area contributed by atoms with Gasteiger partial charge >= 0.3 is 18.2 Å². The van der Waals surface area contributed by atoms with Gasteiger partial charge in [-0.3, -0.25) is 10.1 Å². The fourth-order valence-corrected chi connectivity index (χ4v) is 4.60. The van der Waals surface area contributed by atoms with Crippen molar-refractivity contribution in [3.8, 4) is 11.9 Å². The van der Waals surface area contributed by atoms with Crippen LogP contribution in [0.4, 0.5) is 9.59 Å². The number of aromatic nitrogens is 2. The lowest BCUT2D eigenvalue weighted by Gasteiger charge is -2.37. The van der Waals surface area contributed by atoms with E-state index < -0.39 is 12.2 Å². The first-order valence-electron chi connectivity index (χ1n) is 14.0. The predicted molar refractivity (Wildman–Crippen MR) is 157 cm³/mol. The number of guanidine groups is 1. The van der Waals surface area contributed by atoms with Gasteiger partial charge in [-0.1, -0.05) is 60.7 Å². The molecule has 0 bridgehead atoms. The maximum Gasteiger partial charge on any atom is 0.437 e. The quantitative estimate of drug-likeness (QED) is 0.197. The van der Waals surface area contributed by atoms with Crippen LogP contribution in [0.2, 0.25) is 0 Å². The molecule has 226 valence electrons. The van der Waals surface area contributed by atoms with Gasteiger partial charge in [-0.05, 0) is 36.8 Å². The molecule has 2 heterocycles. The van der Waals surface area contributed by atoms with E-state index in [-0.39, 0.29) is 55.0 Å². The number of hydrogen-bond acceptors (Lipinski definition) is 9. The number of amides is 2. The van der Waals surface area contributed by atoms with Crippen molar-refractivity contribution in [2.24, 2.45) is 4.99 Å². The molecule has 1 aliphatic rings. The molecule has 1 N–H and O–H groups in total. The maximum atomic E-state index is 13.1. The zero-order chi connectivity index (χ0) is 30.4. The van der Waals surface area contributed by atoms with Crippen LogP contribution in [0.15, 0.2) is 71.7 Å². The first-order valence-corrected chi connectivity index (χ1v) is 14.0. The Balaban J connectivity index is 1.47. The zero-order valence-electron chi connectivity index (χ0n) is 24.2. The van der Waals surface area contributed by atoms with Crippen molar-refractivity contribution in [2.45, 2.75) is 51.4 Å². The summed E-state index contributed by atoms with van der Waals surface area (Å²) in [7, 11) is 2.85. The molecule has 1 saturated heterocycles. The lowest BCUT2D eigenvalue weighted by Crippen LogP contribution is -2.51. The van der Waals surface area contributed by atoms with E-state index in [1.165, 1.54) is 20.3 Å². The van der Waals surface area contributed by atoms with Gasteiger partial charge in [0.2, 0.25) is 11.8 Å². The Hall–Kier alpha value is -5.00. The standard InChI is InChI=1S/C31H35N5O7/c1-40-27-19-25(32-29(33-27)41-2)26(37)17-16-24-15-9-10-18-36(24)28(34-30(38)42-20-22-11-5-3-6-12-22)35-31(39)43-21-23-13-7-4-8-14-23/h3-8,11-14,19,24H,9-10,15-18,20-21H2,1-2H3,(H,34,35,38,39). The van der Waals surface area contributed by atoms with Gasteiger partial charge in [0.05, 0.1) is 14.2 Å². The number of ether oxygens (including phenoxy) is 4. The number of ketones is 1. The SMILES string of the molecule is COc1cc(C(=O)CCC2CCCCN2/C(=N/C(=O)OCc2ccccc2)NC(=O)OCc2ccccc2)nc(OC)n1. The van der Waals surface area contributed by atoms with Gasteiger partial charge in [0.1, 0.15) is 18.9 Å². The molecule has 0 spiro atoms. The Morgan fingerprint density at radius 2 is 1.58 bits per heavy atom. The molecule has 0 radical (unpaired) electrons. The molecule has 12 nitrogen and oxygen atoms in total. The summed E-state index contributed by atoms with van der Waals surface area (Å²) in [6.07, 6.45) is 1.39. The van der Waals surface area contributed by atoms with Gasteiger partial charge < -0.3 is 23.8 Å². The number of alkyl carbamates (subject to hydrolysis) is 1. The summed E-state index contributed by atoms with van der Waals surface area (Å²) in [5, 5.41) is 2.64. The largest absolute Gasteiger partial charge is 0.481 e. The van der Waals surface area contributed by atoms with Crippen LogP contribution in [0.1, 0.15) is 53.7 Å². The molecular weight excluding hydrogens is 554 g/mol. The Kier molecular flexibility index (Phi) is 11.4. The average molecular weight is 590 g/mol. The van der Waals surface area contributed by atoms with Gasteiger partial charge in [0.25, 0.3) is 0 Å². The second-order valence-corrected chi connectivity index (χ2v) is 9.75. The van der Waals surface area contributed by atoms with Gasteiger partial charge in [-0.25, -0.2) is 9.59 Å². The van der Waals surface area contributed by atoms with E-state index in [9.17, 15) is 14.4 Å².